The minimum absolute atomic E-state index is 0.0672. The van der Waals surface area contributed by atoms with Gasteiger partial charge in [0.2, 0.25) is 0 Å². The maximum absolute atomic E-state index is 12.8. The molecule has 0 radical (unpaired) electrons. The molecule has 2 aromatic rings. The summed E-state index contributed by atoms with van der Waals surface area (Å²) in [5, 5.41) is 7.25. The Morgan fingerprint density at radius 1 is 1.19 bits per heavy atom. The van der Waals surface area contributed by atoms with Gasteiger partial charge in [-0.25, -0.2) is 4.68 Å². The van der Waals surface area contributed by atoms with E-state index in [9.17, 15) is 18.0 Å². The normalized spacial score (nSPS) is 20.5. The molecule has 0 aliphatic heterocycles. The first kappa shape index (κ1) is 19.5. The molecule has 1 aliphatic rings. The molecule has 0 atom stereocenters. The number of aromatic nitrogens is 2. The first-order valence-corrected chi connectivity index (χ1v) is 9.31. The molecule has 0 saturated heterocycles. The monoisotopic (exact) mass is 379 g/mol. The first-order chi connectivity index (χ1) is 12.8. The second-order valence-electron chi connectivity index (χ2n) is 7.17. The van der Waals surface area contributed by atoms with Crippen molar-refractivity contribution in [3.8, 4) is 5.69 Å². The molecule has 0 unspecified atom stereocenters. The number of alkyl halides is 3. The number of hydrogen-bond donors (Lipinski definition) is 1. The largest absolute Gasteiger partial charge is 0.391 e. The Balaban J connectivity index is 1.70. The summed E-state index contributed by atoms with van der Waals surface area (Å²) in [6, 6.07) is 7.64. The van der Waals surface area contributed by atoms with E-state index < -0.39 is 12.1 Å². The van der Waals surface area contributed by atoms with E-state index in [2.05, 4.69) is 10.4 Å². The van der Waals surface area contributed by atoms with Gasteiger partial charge in [-0.3, -0.25) is 4.79 Å². The van der Waals surface area contributed by atoms with Crippen molar-refractivity contribution in [1.29, 1.82) is 0 Å². The number of carbonyl (C=O) groups is 1. The smallest absolute Gasteiger partial charge is 0.349 e. The zero-order valence-electron chi connectivity index (χ0n) is 15.5. The highest BCUT2D eigenvalue weighted by molar-refractivity contribution is 5.95. The van der Waals surface area contributed by atoms with Crippen molar-refractivity contribution >= 4 is 5.91 Å². The molecule has 1 amide bonds. The lowest BCUT2D eigenvalue weighted by atomic mass is 9.85. The fourth-order valence-corrected chi connectivity index (χ4v) is 3.64. The summed E-state index contributed by atoms with van der Waals surface area (Å²) in [5.41, 5.74) is 3.29. The van der Waals surface area contributed by atoms with Crippen LogP contribution in [0.5, 0.6) is 0 Å². The molecule has 1 fully saturated rings. The van der Waals surface area contributed by atoms with Crippen LogP contribution in [0.2, 0.25) is 0 Å². The Morgan fingerprint density at radius 2 is 1.81 bits per heavy atom. The van der Waals surface area contributed by atoms with Gasteiger partial charge in [0.1, 0.15) is 0 Å². The number of halogens is 3. The number of aryl methyl sites for hydroxylation is 1. The van der Waals surface area contributed by atoms with Crippen molar-refractivity contribution in [2.24, 2.45) is 5.92 Å². The highest BCUT2D eigenvalue weighted by atomic mass is 19.4. The first-order valence-electron chi connectivity index (χ1n) is 9.31. The molecule has 1 aliphatic carbocycles. The molecule has 1 aromatic carbocycles. The van der Waals surface area contributed by atoms with Crippen LogP contribution in [0.15, 0.2) is 30.5 Å². The third-order valence-electron chi connectivity index (χ3n) is 5.25. The van der Waals surface area contributed by atoms with Crippen LogP contribution in [-0.4, -0.2) is 27.9 Å². The number of amides is 1. The van der Waals surface area contributed by atoms with Crippen LogP contribution >= 0.6 is 0 Å². The quantitative estimate of drug-likeness (QED) is 0.844. The lowest BCUT2D eigenvalue weighted by molar-refractivity contribution is -0.182. The van der Waals surface area contributed by atoms with Gasteiger partial charge in [-0.05, 0) is 51.2 Å². The van der Waals surface area contributed by atoms with Gasteiger partial charge in [0.25, 0.3) is 5.91 Å². The molecule has 1 N–H and O–H groups in total. The lowest BCUT2D eigenvalue weighted by Gasteiger charge is -2.30. The number of benzene rings is 1. The van der Waals surface area contributed by atoms with Gasteiger partial charge >= 0.3 is 6.18 Å². The van der Waals surface area contributed by atoms with Crippen molar-refractivity contribution in [3.05, 3.63) is 47.3 Å². The fraction of sp³-hybridized carbons (Fsp3) is 0.500. The van der Waals surface area contributed by atoms with E-state index in [0.717, 1.165) is 16.9 Å². The molecular formula is C20H24F3N3O. The molecule has 0 bridgehead atoms. The van der Waals surface area contributed by atoms with Crippen molar-refractivity contribution in [2.75, 3.05) is 0 Å². The molecule has 1 saturated carbocycles. The zero-order chi connectivity index (χ0) is 19.6. The van der Waals surface area contributed by atoms with Gasteiger partial charge in [0, 0.05) is 6.04 Å². The topological polar surface area (TPSA) is 46.9 Å². The molecule has 146 valence electrons. The van der Waals surface area contributed by atoms with Gasteiger partial charge in [0.05, 0.1) is 29.1 Å². The number of nitrogens with zero attached hydrogens (tertiary/aromatic N) is 2. The van der Waals surface area contributed by atoms with Crippen molar-refractivity contribution < 1.29 is 18.0 Å². The summed E-state index contributed by atoms with van der Waals surface area (Å²) in [6.07, 6.45) is -1.14. The zero-order valence-corrected chi connectivity index (χ0v) is 15.5. The average molecular weight is 379 g/mol. The maximum Gasteiger partial charge on any atom is 0.391 e. The predicted molar refractivity (Wildman–Crippen MR) is 96.9 cm³/mol. The van der Waals surface area contributed by atoms with Crippen LogP contribution in [0.3, 0.4) is 0 Å². The molecule has 1 heterocycles. The van der Waals surface area contributed by atoms with E-state index in [-0.39, 0.29) is 24.8 Å². The Morgan fingerprint density at radius 3 is 2.37 bits per heavy atom. The van der Waals surface area contributed by atoms with E-state index >= 15 is 0 Å². The van der Waals surface area contributed by atoms with Crippen LogP contribution in [0, 0.1) is 12.8 Å². The summed E-state index contributed by atoms with van der Waals surface area (Å²) in [7, 11) is 0. The maximum atomic E-state index is 12.8. The molecule has 27 heavy (non-hydrogen) atoms. The van der Waals surface area contributed by atoms with Gasteiger partial charge in [-0.1, -0.05) is 24.6 Å². The minimum atomic E-state index is -4.14. The van der Waals surface area contributed by atoms with Crippen LogP contribution in [0.4, 0.5) is 13.2 Å². The summed E-state index contributed by atoms with van der Waals surface area (Å²) in [5.74, 6) is -1.51. The van der Waals surface area contributed by atoms with Gasteiger partial charge in [-0.15, -0.1) is 0 Å². The standard InChI is InChI=1S/C20H24F3N3O/c1-3-18-17(12-24-26(18)16-10-4-13(2)5-11-16)19(27)25-15-8-6-14(7-9-15)20(21,22)23/h4-5,10-12,14-15H,3,6-9H2,1-2H3,(H,25,27). The molecule has 1 aromatic heterocycles. The van der Waals surface area contributed by atoms with E-state index in [1.54, 1.807) is 4.68 Å². The molecule has 3 rings (SSSR count). The summed E-state index contributed by atoms with van der Waals surface area (Å²) < 4.78 is 40.1. The van der Waals surface area contributed by atoms with Gasteiger partial charge < -0.3 is 5.32 Å². The Hall–Kier alpha value is -2.31. The SMILES string of the molecule is CCc1c(C(=O)NC2CCC(C(F)(F)F)CC2)cnn1-c1ccc(C)cc1. The van der Waals surface area contributed by atoms with Gasteiger partial charge in [-0.2, -0.15) is 18.3 Å². The van der Waals surface area contributed by atoms with Crippen molar-refractivity contribution in [2.45, 2.75) is 58.2 Å². The highest BCUT2D eigenvalue weighted by Gasteiger charge is 2.41. The lowest BCUT2D eigenvalue weighted by Crippen LogP contribution is -2.40. The predicted octanol–water partition coefficient (Wildman–Crippen LogP) is 4.59. The highest BCUT2D eigenvalue weighted by Crippen LogP contribution is 2.37. The van der Waals surface area contributed by atoms with Crippen molar-refractivity contribution in [3.63, 3.8) is 0 Å². The molecule has 4 nitrogen and oxygen atoms in total. The fourth-order valence-electron chi connectivity index (χ4n) is 3.64. The third kappa shape index (κ3) is 4.34. The number of rotatable bonds is 4. The number of hydrogen-bond acceptors (Lipinski definition) is 2. The molecule has 0 spiro atoms. The van der Waals surface area contributed by atoms with Crippen LogP contribution < -0.4 is 5.32 Å². The summed E-state index contributed by atoms with van der Waals surface area (Å²) in [6.45, 7) is 3.95. The average Bonchev–Trinajstić information content (AvgIpc) is 3.06. The summed E-state index contributed by atoms with van der Waals surface area (Å²) >= 11 is 0. The second-order valence-corrected chi connectivity index (χ2v) is 7.17. The van der Waals surface area contributed by atoms with E-state index in [1.807, 2.05) is 38.1 Å². The third-order valence-corrected chi connectivity index (χ3v) is 5.25. The minimum Gasteiger partial charge on any atom is -0.349 e. The van der Waals surface area contributed by atoms with Crippen molar-refractivity contribution in [1.82, 2.24) is 15.1 Å². The van der Waals surface area contributed by atoms with Crippen LogP contribution in [0.25, 0.3) is 5.69 Å². The van der Waals surface area contributed by atoms with Crippen LogP contribution in [0.1, 0.15) is 54.2 Å². The van der Waals surface area contributed by atoms with Gasteiger partial charge in [0.15, 0.2) is 0 Å². The number of nitrogens with one attached hydrogen (secondary N) is 1. The summed E-state index contributed by atoms with van der Waals surface area (Å²) in [4.78, 5) is 12.7. The van der Waals surface area contributed by atoms with E-state index in [0.29, 0.717) is 24.8 Å². The second kappa shape index (κ2) is 7.74. The number of carbonyl (C=O) groups excluding carboxylic acids is 1. The Bertz CT molecular complexity index is 788. The van der Waals surface area contributed by atoms with E-state index in [4.69, 9.17) is 0 Å². The van der Waals surface area contributed by atoms with E-state index in [1.165, 1.54) is 6.20 Å². The molecule has 7 heteroatoms. The Kier molecular flexibility index (Phi) is 5.58. The van der Waals surface area contributed by atoms with Crippen LogP contribution in [-0.2, 0) is 6.42 Å². The molecular weight excluding hydrogens is 355 g/mol. The Labute approximate surface area is 156 Å².